The summed E-state index contributed by atoms with van der Waals surface area (Å²) in [6.45, 7) is 7.90. The first-order chi connectivity index (χ1) is 13.6. The number of benzene rings is 2. The van der Waals surface area contributed by atoms with Crippen molar-refractivity contribution in [1.82, 2.24) is 0 Å². The van der Waals surface area contributed by atoms with Gasteiger partial charge in [0.25, 0.3) is 0 Å². The highest BCUT2D eigenvalue weighted by Gasteiger charge is 2.22. The molecule has 0 aliphatic heterocycles. The first-order valence-corrected chi connectivity index (χ1v) is 9.78. The fourth-order valence-electron chi connectivity index (χ4n) is 3.28. The molecule has 0 radical (unpaired) electrons. The van der Waals surface area contributed by atoms with E-state index >= 15 is 0 Å². The maximum absolute atomic E-state index is 11.6. The summed E-state index contributed by atoms with van der Waals surface area (Å²) in [5, 5.41) is 40.0. The normalized spacial score (nSPS) is 13.1. The molecule has 156 valence electrons. The Morgan fingerprint density at radius 2 is 1.10 bits per heavy atom. The van der Waals surface area contributed by atoms with E-state index in [4.69, 9.17) is 0 Å². The van der Waals surface area contributed by atoms with E-state index in [9.17, 15) is 30.0 Å². The van der Waals surface area contributed by atoms with Gasteiger partial charge in [0.2, 0.25) is 0 Å². The zero-order valence-corrected chi connectivity index (χ0v) is 17.2. The Morgan fingerprint density at radius 3 is 1.38 bits per heavy atom. The van der Waals surface area contributed by atoms with Crippen LogP contribution in [0.5, 0.6) is 11.5 Å². The predicted molar refractivity (Wildman–Crippen MR) is 110 cm³/mol. The second-order valence-electron chi connectivity index (χ2n) is 7.56. The minimum atomic E-state index is -1.24. The predicted octanol–water partition coefficient (Wildman–Crippen LogP) is 5.11. The lowest BCUT2D eigenvalue weighted by Crippen LogP contribution is -2.06. The summed E-state index contributed by atoms with van der Waals surface area (Å²) in [5.41, 5.74) is 1.83. The van der Waals surface area contributed by atoms with Crippen LogP contribution in [0.2, 0.25) is 0 Å². The van der Waals surface area contributed by atoms with Crippen LogP contribution in [0.25, 0.3) is 0 Å². The molecule has 0 fully saturated rings. The molecule has 29 heavy (non-hydrogen) atoms. The number of hydrogen-bond donors (Lipinski definition) is 4. The molecule has 6 nitrogen and oxygen atoms in total. The average Bonchev–Trinajstić information content (AvgIpc) is 2.68. The largest absolute Gasteiger partial charge is 0.507 e. The van der Waals surface area contributed by atoms with Gasteiger partial charge in [0.15, 0.2) is 0 Å². The highest BCUT2D eigenvalue weighted by Crippen LogP contribution is 2.35. The Bertz CT molecular complexity index is 856. The van der Waals surface area contributed by atoms with Gasteiger partial charge in [0.1, 0.15) is 22.6 Å². The van der Waals surface area contributed by atoms with Crippen molar-refractivity contribution < 1.29 is 30.0 Å². The molecular weight excluding hydrogens is 372 g/mol. The van der Waals surface area contributed by atoms with Crippen molar-refractivity contribution in [3.8, 4) is 11.5 Å². The Morgan fingerprint density at radius 1 is 0.759 bits per heavy atom. The number of aromatic hydroxyl groups is 2. The summed E-state index contributed by atoms with van der Waals surface area (Å²) >= 11 is 0. The molecular formula is C23H28O6. The summed E-state index contributed by atoms with van der Waals surface area (Å²) in [4.78, 5) is 23.2. The summed E-state index contributed by atoms with van der Waals surface area (Å²) in [7, 11) is 0. The van der Waals surface area contributed by atoms with Crippen molar-refractivity contribution >= 4 is 11.9 Å². The van der Waals surface area contributed by atoms with Gasteiger partial charge in [-0.1, -0.05) is 39.8 Å². The van der Waals surface area contributed by atoms with Crippen LogP contribution in [-0.4, -0.2) is 32.4 Å². The standard InChI is InChI=1S/C23H28O6/c1-5-12(3)14-7-16(20(24)18(10-14)22(26)27)9-17-8-15(13(4)6-2)11-19(21(17)25)23(28)29/h7-8,10-13,24-25H,5-6,9H2,1-4H3,(H,26,27)(H,28,29)/t12-,13-/m1/s1. The molecule has 2 aromatic carbocycles. The third kappa shape index (κ3) is 4.70. The van der Waals surface area contributed by atoms with Crippen LogP contribution in [0.3, 0.4) is 0 Å². The second kappa shape index (κ2) is 8.99. The van der Waals surface area contributed by atoms with Crippen LogP contribution in [0.15, 0.2) is 24.3 Å². The highest BCUT2D eigenvalue weighted by molar-refractivity contribution is 5.92. The zero-order valence-electron chi connectivity index (χ0n) is 17.2. The molecule has 0 unspecified atom stereocenters. The fourth-order valence-corrected chi connectivity index (χ4v) is 3.28. The lowest BCUT2D eigenvalue weighted by molar-refractivity contribution is 0.0682. The van der Waals surface area contributed by atoms with Crippen LogP contribution >= 0.6 is 0 Å². The van der Waals surface area contributed by atoms with Crippen molar-refractivity contribution in [2.75, 3.05) is 0 Å². The van der Waals surface area contributed by atoms with E-state index in [1.807, 2.05) is 27.7 Å². The number of carboxylic acids is 2. The van der Waals surface area contributed by atoms with E-state index in [-0.39, 0.29) is 40.9 Å². The van der Waals surface area contributed by atoms with Crippen LogP contribution in [0.1, 0.15) is 95.3 Å². The van der Waals surface area contributed by atoms with E-state index < -0.39 is 11.9 Å². The van der Waals surface area contributed by atoms with E-state index in [2.05, 4.69) is 0 Å². The van der Waals surface area contributed by atoms with Crippen molar-refractivity contribution in [2.45, 2.75) is 58.8 Å². The summed E-state index contributed by atoms with van der Waals surface area (Å²) in [6, 6.07) is 6.39. The Hall–Kier alpha value is -3.02. The Balaban J connectivity index is 2.66. The second-order valence-corrected chi connectivity index (χ2v) is 7.56. The Kier molecular flexibility index (Phi) is 6.90. The van der Waals surface area contributed by atoms with E-state index in [1.165, 1.54) is 12.1 Å². The van der Waals surface area contributed by atoms with Crippen LogP contribution < -0.4 is 0 Å². The maximum atomic E-state index is 11.6. The summed E-state index contributed by atoms with van der Waals surface area (Å²) in [6.07, 6.45) is 1.61. The van der Waals surface area contributed by atoms with Crippen molar-refractivity contribution in [1.29, 1.82) is 0 Å². The van der Waals surface area contributed by atoms with Crippen LogP contribution in [0, 0.1) is 0 Å². The minimum absolute atomic E-state index is 0.0206. The number of hydrogen-bond acceptors (Lipinski definition) is 4. The van der Waals surface area contributed by atoms with Crippen LogP contribution in [0.4, 0.5) is 0 Å². The molecule has 6 heteroatoms. The molecule has 0 aliphatic carbocycles. The smallest absolute Gasteiger partial charge is 0.339 e. The first kappa shape index (κ1) is 22.3. The molecule has 2 aromatic rings. The monoisotopic (exact) mass is 400 g/mol. The summed E-state index contributed by atoms with van der Waals surface area (Å²) in [5.74, 6) is -3.04. The van der Waals surface area contributed by atoms with Gasteiger partial charge in [-0.3, -0.25) is 0 Å². The number of carbonyl (C=O) groups is 2. The molecule has 4 N–H and O–H groups in total. The molecule has 0 aromatic heterocycles. The van der Waals surface area contributed by atoms with Gasteiger partial charge in [-0.05, 0) is 59.1 Å². The summed E-state index contributed by atoms with van der Waals surface area (Å²) < 4.78 is 0. The van der Waals surface area contributed by atoms with Gasteiger partial charge in [-0.2, -0.15) is 0 Å². The fraction of sp³-hybridized carbons (Fsp3) is 0.391. The molecule has 0 heterocycles. The molecule has 2 atom stereocenters. The number of phenols is 2. The first-order valence-electron chi connectivity index (χ1n) is 9.78. The van der Waals surface area contributed by atoms with Crippen LogP contribution in [-0.2, 0) is 6.42 Å². The topological polar surface area (TPSA) is 115 Å². The number of rotatable bonds is 8. The van der Waals surface area contributed by atoms with Gasteiger partial charge in [0, 0.05) is 6.42 Å². The van der Waals surface area contributed by atoms with E-state index in [0.29, 0.717) is 11.1 Å². The van der Waals surface area contributed by atoms with Gasteiger partial charge in [-0.15, -0.1) is 0 Å². The van der Waals surface area contributed by atoms with Gasteiger partial charge < -0.3 is 20.4 Å². The Labute approximate surface area is 170 Å². The highest BCUT2D eigenvalue weighted by atomic mass is 16.4. The van der Waals surface area contributed by atoms with Crippen molar-refractivity contribution in [3.63, 3.8) is 0 Å². The molecule has 0 saturated carbocycles. The van der Waals surface area contributed by atoms with E-state index in [1.54, 1.807) is 12.1 Å². The number of aromatic carboxylic acids is 2. The third-order valence-corrected chi connectivity index (χ3v) is 5.63. The van der Waals surface area contributed by atoms with Gasteiger partial charge in [-0.25, -0.2) is 9.59 Å². The molecule has 0 amide bonds. The molecule has 0 bridgehead atoms. The zero-order chi connectivity index (χ0) is 21.9. The van der Waals surface area contributed by atoms with Crippen molar-refractivity contribution in [2.24, 2.45) is 0 Å². The maximum Gasteiger partial charge on any atom is 0.339 e. The molecule has 0 spiro atoms. The van der Waals surface area contributed by atoms with Gasteiger partial charge in [0.05, 0.1) is 0 Å². The molecule has 2 rings (SSSR count). The SMILES string of the molecule is CC[C@@H](C)c1cc(Cc2cc([C@H](C)CC)cc(C(=O)O)c2O)c(O)c(C(=O)O)c1. The third-order valence-electron chi connectivity index (χ3n) is 5.63. The quantitative estimate of drug-likeness (QED) is 0.489. The lowest BCUT2D eigenvalue weighted by atomic mass is 9.89. The number of carboxylic acid groups (broad SMARTS) is 2. The van der Waals surface area contributed by atoms with Crippen molar-refractivity contribution in [3.05, 3.63) is 57.6 Å². The molecule has 0 saturated heterocycles. The minimum Gasteiger partial charge on any atom is -0.507 e. The van der Waals surface area contributed by atoms with Gasteiger partial charge >= 0.3 is 11.9 Å². The lowest BCUT2D eigenvalue weighted by Gasteiger charge is -2.17. The van der Waals surface area contributed by atoms with E-state index in [0.717, 1.165) is 24.0 Å². The molecule has 0 aliphatic rings. The average molecular weight is 400 g/mol.